The van der Waals surface area contributed by atoms with E-state index in [4.69, 9.17) is 5.73 Å². The largest absolute Gasteiger partial charge is 0.503 e. The number of ether oxygens (including phenoxy) is 1. The molecule has 0 aliphatic carbocycles. The van der Waals surface area contributed by atoms with Crippen molar-refractivity contribution in [2.24, 2.45) is 5.73 Å². The standard InChI is InChI=1S/C8H8F2N2O3/c1-15-4-2-3(8(11)14)12-5(6(4)13)7(9)10/h2,7,13H,1H3,(H2,11,14). The number of hydrogen-bond donors (Lipinski definition) is 2. The molecule has 1 rings (SSSR count). The second-order valence-electron chi connectivity index (χ2n) is 2.61. The second-order valence-corrected chi connectivity index (χ2v) is 2.61. The highest BCUT2D eigenvalue weighted by atomic mass is 19.3. The first-order valence-corrected chi connectivity index (χ1v) is 3.83. The Balaban J connectivity index is 3.38. The van der Waals surface area contributed by atoms with E-state index in [0.717, 1.165) is 13.2 Å². The van der Waals surface area contributed by atoms with Gasteiger partial charge in [-0.1, -0.05) is 0 Å². The molecule has 0 aromatic carbocycles. The predicted octanol–water partition coefficient (Wildman–Crippen LogP) is 0.832. The van der Waals surface area contributed by atoms with Gasteiger partial charge in [0, 0.05) is 6.07 Å². The van der Waals surface area contributed by atoms with Gasteiger partial charge < -0.3 is 15.6 Å². The molecule has 3 N–H and O–H groups in total. The summed E-state index contributed by atoms with van der Waals surface area (Å²) in [5.41, 5.74) is 3.56. The van der Waals surface area contributed by atoms with Gasteiger partial charge in [-0.15, -0.1) is 0 Å². The summed E-state index contributed by atoms with van der Waals surface area (Å²) in [6.07, 6.45) is -3.02. The Bertz CT molecular complexity index is 396. The summed E-state index contributed by atoms with van der Waals surface area (Å²) in [6.45, 7) is 0. The van der Waals surface area contributed by atoms with Crippen LogP contribution >= 0.6 is 0 Å². The van der Waals surface area contributed by atoms with Crippen LogP contribution in [0, 0.1) is 0 Å². The van der Waals surface area contributed by atoms with Crippen LogP contribution in [0.4, 0.5) is 8.78 Å². The van der Waals surface area contributed by atoms with Crippen LogP contribution in [0.15, 0.2) is 6.07 Å². The molecule has 0 atom stereocenters. The van der Waals surface area contributed by atoms with Crippen molar-refractivity contribution in [2.45, 2.75) is 6.43 Å². The number of alkyl halides is 2. The molecule has 0 bridgehead atoms. The fourth-order valence-corrected chi connectivity index (χ4v) is 0.968. The average molecular weight is 218 g/mol. The number of hydrogen-bond acceptors (Lipinski definition) is 4. The van der Waals surface area contributed by atoms with Crippen molar-refractivity contribution >= 4 is 5.91 Å². The Morgan fingerprint density at radius 1 is 1.67 bits per heavy atom. The Labute approximate surface area is 83.5 Å². The number of methoxy groups -OCH3 is 1. The summed E-state index contributed by atoms with van der Waals surface area (Å²) < 4.78 is 29.3. The maximum absolute atomic E-state index is 12.4. The summed E-state index contributed by atoms with van der Waals surface area (Å²) >= 11 is 0. The van der Waals surface area contributed by atoms with E-state index in [9.17, 15) is 18.7 Å². The SMILES string of the molecule is COc1cc(C(N)=O)nc(C(F)F)c1O. The molecule has 0 aliphatic rings. The molecule has 1 heterocycles. The summed E-state index contributed by atoms with van der Waals surface area (Å²) in [5, 5.41) is 9.25. The third-order valence-corrected chi connectivity index (χ3v) is 1.66. The molecule has 0 radical (unpaired) electrons. The zero-order chi connectivity index (χ0) is 11.6. The summed E-state index contributed by atoms with van der Waals surface area (Å²) in [5.74, 6) is -2.04. The number of carbonyl (C=O) groups excluding carboxylic acids is 1. The second kappa shape index (κ2) is 4.07. The lowest BCUT2D eigenvalue weighted by Crippen LogP contribution is -2.14. The van der Waals surface area contributed by atoms with Gasteiger partial charge in [-0.3, -0.25) is 4.79 Å². The molecule has 7 heteroatoms. The fourth-order valence-electron chi connectivity index (χ4n) is 0.968. The maximum Gasteiger partial charge on any atom is 0.284 e. The van der Waals surface area contributed by atoms with E-state index in [1.165, 1.54) is 0 Å². The lowest BCUT2D eigenvalue weighted by atomic mass is 10.2. The van der Waals surface area contributed by atoms with Crippen molar-refractivity contribution in [1.29, 1.82) is 0 Å². The highest BCUT2D eigenvalue weighted by molar-refractivity contribution is 5.91. The van der Waals surface area contributed by atoms with Crippen molar-refractivity contribution in [3.05, 3.63) is 17.5 Å². The molecule has 5 nitrogen and oxygen atoms in total. The summed E-state index contributed by atoms with van der Waals surface area (Å²) in [6, 6.07) is 0.990. The van der Waals surface area contributed by atoms with Gasteiger partial charge in [0.05, 0.1) is 7.11 Å². The highest BCUT2D eigenvalue weighted by Gasteiger charge is 2.21. The van der Waals surface area contributed by atoms with E-state index in [-0.39, 0.29) is 11.4 Å². The van der Waals surface area contributed by atoms with Gasteiger partial charge in [-0.25, -0.2) is 13.8 Å². The normalized spacial score (nSPS) is 10.4. The minimum absolute atomic E-state index is 0.269. The summed E-state index contributed by atoms with van der Waals surface area (Å²) in [7, 11) is 1.16. The molecule has 1 aromatic heterocycles. The number of nitrogens with two attached hydrogens (primary N) is 1. The average Bonchev–Trinajstić information content (AvgIpc) is 2.17. The van der Waals surface area contributed by atoms with E-state index in [1.807, 2.05) is 0 Å². The van der Waals surface area contributed by atoms with Crippen LogP contribution in [0.3, 0.4) is 0 Å². The van der Waals surface area contributed by atoms with Gasteiger partial charge in [0.1, 0.15) is 5.69 Å². The lowest BCUT2D eigenvalue weighted by molar-refractivity contribution is 0.0992. The number of rotatable bonds is 3. The fraction of sp³-hybridized carbons (Fsp3) is 0.250. The highest BCUT2D eigenvalue weighted by Crippen LogP contribution is 2.34. The van der Waals surface area contributed by atoms with E-state index in [2.05, 4.69) is 9.72 Å². The zero-order valence-electron chi connectivity index (χ0n) is 7.70. The van der Waals surface area contributed by atoms with Gasteiger partial charge in [0.2, 0.25) is 0 Å². The van der Waals surface area contributed by atoms with Crippen LogP contribution in [-0.2, 0) is 0 Å². The number of halogens is 2. The van der Waals surface area contributed by atoms with Gasteiger partial charge in [0.25, 0.3) is 12.3 Å². The van der Waals surface area contributed by atoms with Gasteiger partial charge in [0.15, 0.2) is 17.2 Å². The molecule has 0 unspecified atom stereocenters. The molecule has 1 amide bonds. The number of nitrogens with zero attached hydrogens (tertiary/aromatic N) is 1. The molecular weight excluding hydrogens is 210 g/mol. The minimum Gasteiger partial charge on any atom is -0.503 e. The van der Waals surface area contributed by atoms with E-state index < -0.39 is 23.8 Å². The maximum atomic E-state index is 12.4. The monoisotopic (exact) mass is 218 g/mol. The van der Waals surface area contributed by atoms with Crippen LogP contribution in [0.5, 0.6) is 11.5 Å². The number of primary amides is 1. The molecule has 82 valence electrons. The van der Waals surface area contributed by atoms with Crippen LogP contribution in [0.2, 0.25) is 0 Å². The van der Waals surface area contributed by atoms with Crippen molar-refractivity contribution in [3.8, 4) is 11.5 Å². The third kappa shape index (κ3) is 2.12. The van der Waals surface area contributed by atoms with E-state index >= 15 is 0 Å². The van der Waals surface area contributed by atoms with Crippen molar-refractivity contribution in [3.63, 3.8) is 0 Å². The molecule has 15 heavy (non-hydrogen) atoms. The first-order chi connectivity index (χ1) is 6.97. The molecule has 0 aliphatic heterocycles. The number of pyridine rings is 1. The number of amides is 1. The predicted molar refractivity (Wildman–Crippen MR) is 45.9 cm³/mol. The molecule has 0 spiro atoms. The Morgan fingerprint density at radius 2 is 2.27 bits per heavy atom. The van der Waals surface area contributed by atoms with Crippen LogP contribution < -0.4 is 10.5 Å². The Kier molecular flexibility index (Phi) is 3.03. The van der Waals surface area contributed by atoms with Crippen LogP contribution in [0.25, 0.3) is 0 Å². The van der Waals surface area contributed by atoms with Crippen LogP contribution in [-0.4, -0.2) is 23.1 Å². The van der Waals surface area contributed by atoms with E-state index in [1.54, 1.807) is 0 Å². The summed E-state index contributed by atoms with van der Waals surface area (Å²) in [4.78, 5) is 14.0. The smallest absolute Gasteiger partial charge is 0.284 e. The topological polar surface area (TPSA) is 85.4 Å². The van der Waals surface area contributed by atoms with Crippen LogP contribution in [0.1, 0.15) is 22.6 Å². The quantitative estimate of drug-likeness (QED) is 0.786. The molecule has 0 fully saturated rings. The van der Waals surface area contributed by atoms with Crippen molar-refractivity contribution in [1.82, 2.24) is 4.98 Å². The Hall–Kier alpha value is -1.92. The zero-order valence-corrected chi connectivity index (χ0v) is 7.70. The van der Waals surface area contributed by atoms with E-state index in [0.29, 0.717) is 0 Å². The molecular formula is C8H8F2N2O3. The number of aromatic nitrogens is 1. The van der Waals surface area contributed by atoms with Crippen molar-refractivity contribution in [2.75, 3.05) is 7.11 Å². The first-order valence-electron chi connectivity index (χ1n) is 3.83. The minimum atomic E-state index is -3.02. The van der Waals surface area contributed by atoms with Gasteiger partial charge in [-0.2, -0.15) is 0 Å². The molecule has 1 aromatic rings. The Morgan fingerprint density at radius 3 is 2.67 bits per heavy atom. The number of aromatic hydroxyl groups is 1. The van der Waals surface area contributed by atoms with Gasteiger partial charge >= 0.3 is 0 Å². The third-order valence-electron chi connectivity index (χ3n) is 1.66. The molecule has 0 saturated heterocycles. The van der Waals surface area contributed by atoms with Crippen molar-refractivity contribution < 1.29 is 23.4 Å². The number of carbonyl (C=O) groups is 1. The van der Waals surface area contributed by atoms with Gasteiger partial charge in [-0.05, 0) is 0 Å². The molecule has 0 saturated carbocycles. The lowest BCUT2D eigenvalue weighted by Gasteiger charge is -2.08. The first kappa shape index (κ1) is 11.2.